The number of aromatic nitrogens is 2. The van der Waals surface area contributed by atoms with Crippen LogP contribution in [0.5, 0.6) is 0 Å². The van der Waals surface area contributed by atoms with E-state index >= 15 is 0 Å². The van der Waals surface area contributed by atoms with Crippen molar-refractivity contribution < 1.29 is 9.32 Å². The Bertz CT molecular complexity index is 549. The summed E-state index contributed by atoms with van der Waals surface area (Å²) in [5.74, 6) is 1.34. The number of aryl methyl sites for hydroxylation is 1. The van der Waals surface area contributed by atoms with Gasteiger partial charge in [-0.15, -0.1) is 0 Å². The standard InChI is InChI=1S/C17H28N4O2/c1-17(2,3)16-19-15(23-20-16)8-7-14(22)18-12-9-11-21-10-5-4-6-13(12)21/h12-13H,4-11H2,1-3H3,(H,18,22)/t12-,13+/m1/s1. The van der Waals surface area contributed by atoms with Gasteiger partial charge in [-0.25, -0.2) is 0 Å². The van der Waals surface area contributed by atoms with E-state index in [1.54, 1.807) is 0 Å². The third-order valence-electron chi connectivity index (χ3n) is 4.91. The molecule has 2 atom stereocenters. The van der Waals surface area contributed by atoms with Crippen LogP contribution in [0.15, 0.2) is 4.52 Å². The molecule has 128 valence electrons. The van der Waals surface area contributed by atoms with Crippen LogP contribution >= 0.6 is 0 Å². The number of piperidine rings is 1. The lowest BCUT2D eigenvalue weighted by Crippen LogP contribution is -2.46. The zero-order valence-corrected chi connectivity index (χ0v) is 14.5. The number of amides is 1. The summed E-state index contributed by atoms with van der Waals surface area (Å²) in [5, 5.41) is 7.21. The third-order valence-corrected chi connectivity index (χ3v) is 4.91. The molecule has 0 aliphatic carbocycles. The van der Waals surface area contributed by atoms with E-state index in [2.05, 4.69) is 20.4 Å². The molecule has 6 heteroatoms. The molecule has 0 saturated carbocycles. The quantitative estimate of drug-likeness (QED) is 0.919. The van der Waals surface area contributed by atoms with E-state index in [1.807, 2.05) is 20.8 Å². The lowest BCUT2D eigenvalue weighted by molar-refractivity contribution is -0.122. The molecule has 2 aliphatic rings. The van der Waals surface area contributed by atoms with Crippen molar-refractivity contribution in [2.45, 2.75) is 76.8 Å². The number of carbonyl (C=O) groups excluding carboxylic acids is 1. The zero-order chi connectivity index (χ0) is 16.4. The molecular formula is C17H28N4O2. The van der Waals surface area contributed by atoms with Crippen molar-refractivity contribution in [3.05, 3.63) is 11.7 Å². The normalized spacial score (nSPS) is 25.3. The van der Waals surface area contributed by atoms with Crippen LogP contribution in [-0.2, 0) is 16.6 Å². The zero-order valence-electron chi connectivity index (χ0n) is 14.5. The van der Waals surface area contributed by atoms with Crippen molar-refractivity contribution >= 4 is 5.91 Å². The Morgan fingerprint density at radius 1 is 1.30 bits per heavy atom. The number of nitrogens with one attached hydrogen (secondary N) is 1. The van der Waals surface area contributed by atoms with E-state index in [4.69, 9.17) is 4.52 Å². The fourth-order valence-corrected chi connectivity index (χ4v) is 3.58. The van der Waals surface area contributed by atoms with Crippen molar-refractivity contribution in [3.8, 4) is 0 Å². The van der Waals surface area contributed by atoms with E-state index < -0.39 is 0 Å². The monoisotopic (exact) mass is 320 g/mol. The minimum Gasteiger partial charge on any atom is -0.352 e. The maximum atomic E-state index is 12.2. The predicted molar refractivity (Wildman–Crippen MR) is 87.1 cm³/mol. The van der Waals surface area contributed by atoms with Crippen LogP contribution < -0.4 is 5.32 Å². The maximum Gasteiger partial charge on any atom is 0.227 e. The van der Waals surface area contributed by atoms with Gasteiger partial charge in [-0.2, -0.15) is 4.98 Å². The molecule has 0 aromatic carbocycles. The molecule has 0 spiro atoms. The second-order valence-corrected chi connectivity index (χ2v) is 7.82. The summed E-state index contributed by atoms with van der Waals surface area (Å²) in [6, 6.07) is 0.860. The van der Waals surface area contributed by atoms with Gasteiger partial charge in [-0.1, -0.05) is 32.3 Å². The number of nitrogens with zero attached hydrogens (tertiary/aromatic N) is 3. The number of rotatable bonds is 4. The van der Waals surface area contributed by atoms with Crippen LogP contribution in [0, 0.1) is 0 Å². The smallest absolute Gasteiger partial charge is 0.227 e. The van der Waals surface area contributed by atoms with Crippen molar-refractivity contribution in [1.29, 1.82) is 0 Å². The molecule has 1 aromatic heterocycles. The summed E-state index contributed by atoms with van der Waals surface area (Å²) >= 11 is 0. The molecule has 6 nitrogen and oxygen atoms in total. The van der Waals surface area contributed by atoms with Gasteiger partial charge in [0, 0.05) is 36.9 Å². The summed E-state index contributed by atoms with van der Waals surface area (Å²) in [6.07, 6.45) is 5.79. The van der Waals surface area contributed by atoms with Crippen molar-refractivity contribution in [3.63, 3.8) is 0 Å². The van der Waals surface area contributed by atoms with Crippen molar-refractivity contribution in [2.24, 2.45) is 0 Å². The molecule has 0 radical (unpaired) electrons. The molecule has 0 unspecified atom stereocenters. The van der Waals surface area contributed by atoms with Gasteiger partial charge in [0.15, 0.2) is 5.82 Å². The van der Waals surface area contributed by atoms with E-state index in [0.29, 0.717) is 36.6 Å². The molecule has 2 aliphatic heterocycles. The van der Waals surface area contributed by atoms with Crippen LogP contribution in [0.25, 0.3) is 0 Å². The molecule has 3 rings (SSSR count). The summed E-state index contributed by atoms with van der Waals surface area (Å²) in [7, 11) is 0. The second-order valence-electron chi connectivity index (χ2n) is 7.82. The molecule has 0 bridgehead atoms. The SMILES string of the molecule is CC(C)(C)c1noc(CCC(=O)N[C@@H]2CCN3CCCC[C@@H]23)n1. The van der Waals surface area contributed by atoms with Gasteiger partial charge in [-0.3, -0.25) is 9.69 Å². The highest BCUT2D eigenvalue weighted by Gasteiger charge is 2.36. The highest BCUT2D eigenvalue weighted by Crippen LogP contribution is 2.27. The Kier molecular flexibility index (Phi) is 4.71. The lowest BCUT2D eigenvalue weighted by atomic mass is 9.96. The first-order valence-electron chi connectivity index (χ1n) is 8.80. The number of hydrogen-bond acceptors (Lipinski definition) is 5. The van der Waals surface area contributed by atoms with E-state index in [-0.39, 0.29) is 11.3 Å². The van der Waals surface area contributed by atoms with Crippen LogP contribution in [0.4, 0.5) is 0 Å². The molecular weight excluding hydrogens is 292 g/mol. The Balaban J connectivity index is 1.47. The largest absolute Gasteiger partial charge is 0.352 e. The van der Waals surface area contributed by atoms with Crippen LogP contribution in [0.1, 0.15) is 64.6 Å². The molecule has 23 heavy (non-hydrogen) atoms. The fourth-order valence-electron chi connectivity index (χ4n) is 3.58. The van der Waals surface area contributed by atoms with Gasteiger partial charge in [0.2, 0.25) is 11.8 Å². The van der Waals surface area contributed by atoms with E-state index in [0.717, 1.165) is 13.0 Å². The molecule has 1 amide bonds. The molecule has 1 N–H and O–H groups in total. The maximum absolute atomic E-state index is 12.2. The number of hydrogen-bond donors (Lipinski definition) is 1. The third kappa shape index (κ3) is 3.91. The highest BCUT2D eigenvalue weighted by molar-refractivity contribution is 5.76. The molecule has 3 heterocycles. The topological polar surface area (TPSA) is 71.3 Å². The minimum atomic E-state index is -0.127. The van der Waals surface area contributed by atoms with Gasteiger partial charge >= 0.3 is 0 Å². The summed E-state index contributed by atoms with van der Waals surface area (Å²) < 4.78 is 5.25. The first-order valence-corrected chi connectivity index (χ1v) is 8.80. The van der Waals surface area contributed by atoms with Gasteiger partial charge in [0.05, 0.1) is 0 Å². The average molecular weight is 320 g/mol. The van der Waals surface area contributed by atoms with Gasteiger partial charge < -0.3 is 9.84 Å². The first-order chi connectivity index (χ1) is 10.9. The first kappa shape index (κ1) is 16.4. The van der Waals surface area contributed by atoms with Crippen molar-refractivity contribution in [2.75, 3.05) is 13.1 Å². The minimum absolute atomic E-state index is 0.0953. The molecule has 2 fully saturated rings. The summed E-state index contributed by atoms with van der Waals surface area (Å²) in [5.41, 5.74) is -0.127. The lowest BCUT2D eigenvalue weighted by Gasteiger charge is -2.32. The van der Waals surface area contributed by atoms with Crippen LogP contribution in [0.2, 0.25) is 0 Å². The Morgan fingerprint density at radius 2 is 2.13 bits per heavy atom. The van der Waals surface area contributed by atoms with Crippen LogP contribution in [0.3, 0.4) is 0 Å². The fraction of sp³-hybridized carbons (Fsp3) is 0.824. The van der Waals surface area contributed by atoms with E-state index in [1.165, 1.54) is 25.8 Å². The highest BCUT2D eigenvalue weighted by atomic mass is 16.5. The molecule has 1 aromatic rings. The number of carbonyl (C=O) groups is 1. The van der Waals surface area contributed by atoms with E-state index in [9.17, 15) is 4.79 Å². The van der Waals surface area contributed by atoms with Gasteiger partial charge in [-0.05, 0) is 25.8 Å². The number of fused-ring (bicyclic) bond motifs is 1. The van der Waals surface area contributed by atoms with Crippen LogP contribution in [-0.4, -0.2) is 46.1 Å². The average Bonchev–Trinajstić information content (AvgIpc) is 3.12. The Morgan fingerprint density at radius 3 is 2.87 bits per heavy atom. The molecule has 2 saturated heterocycles. The Labute approximate surface area is 138 Å². The second kappa shape index (κ2) is 6.59. The summed E-state index contributed by atoms with van der Waals surface area (Å²) in [4.78, 5) is 19.1. The summed E-state index contributed by atoms with van der Waals surface area (Å²) in [6.45, 7) is 8.45. The van der Waals surface area contributed by atoms with Gasteiger partial charge in [0.25, 0.3) is 0 Å². The predicted octanol–water partition coefficient (Wildman–Crippen LogP) is 2.04. The Hall–Kier alpha value is -1.43. The van der Waals surface area contributed by atoms with Crippen molar-refractivity contribution in [1.82, 2.24) is 20.4 Å². The van der Waals surface area contributed by atoms with Gasteiger partial charge in [0.1, 0.15) is 0 Å².